The van der Waals surface area contributed by atoms with E-state index in [0.717, 1.165) is 22.3 Å². The van der Waals surface area contributed by atoms with Crippen molar-refractivity contribution in [2.75, 3.05) is 19.7 Å². The number of fused-ring (bicyclic) bond motifs is 4. The van der Waals surface area contributed by atoms with Crippen LogP contribution in [0.1, 0.15) is 44.2 Å². The molecule has 1 saturated heterocycles. The fraction of sp³-hybridized carbons (Fsp3) is 0.464. The maximum absolute atomic E-state index is 13.4. The number of hydrogen-bond acceptors (Lipinski definition) is 4. The summed E-state index contributed by atoms with van der Waals surface area (Å²) in [4.78, 5) is 39.4. The number of amides is 2. The number of benzene rings is 2. The molecular formula is C28H32N2O5. The maximum atomic E-state index is 13.4. The number of carboxylic acids is 1. The molecule has 2 aromatic rings. The van der Waals surface area contributed by atoms with Gasteiger partial charge in [-0.15, -0.1) is 0 Å². The predicted molar refractivity (Wildman–Crippen MR) is 131 cm³/mol. The van der Waals surface area contributed by atoms with E-state index in [0.29, 0.717) is 19.5 Å². The highest BCUT2D eigenvalue weighted by molar-refractivity contribution is 5.87. The molecule has 1 aliphatic heterocycles. The highest BCUT2D eigenvalue weighted by Gasteiger charge is 2.58. The molecule has 2 unspecified atom stereocenters. The average molecular weight is 477 g/mol. The van der Waals surface area contributed by atoms with E-state index in [9.17, 15) is 19.5 Å². The largest absolute Gasteiger partial charge is 0.481 e. The number of piperidine rings is 1. The molecule has 2 aromatic carbocycles. The Balaban J connectivity index is 1.25. The summed E-state index contributed by atoms with van der Waals surface area (Å²) in [6.45, 7) is 6.84. The van der Waals surface area contributed by atoms with E-state index in [1.165, 1.54) is 0 Å². The lowest BCUT2D eigenvalue weighted by atomic mass is 9.85. The second kappa shape index (κ2) is 8.70. The van der Waals surface area contributed by atoms with Crippen molar-refractivity contribution in [1.82, 2.24) is 10.2 Å². The first-order valence-electron chi connectivity index (χ1n) is 12.3. The number of carboxylic acid groups (broad SMARTS) is 1. The number of aliphatic carboxylic acids is 1. The lowest BCUT2D eigenvalue weighted by Gasteiger charge is -2.36. The van der Waals surface area contributed by atoms with Crippen molar-refractivity contribution in [3.05, 3.63) is 59.7 Å². The zero-order chi connectivity index (χ0) is 24.9. The summed E-state index contributed by atoms with van der Waals surface area (Å²) in [5.74, 6) is -1.19. The third-order valence-electron chi connectivity index (χ3n) is 7.81. The van der Waals surface area contributed by atoms with Gasteiger partial charge in [0.25, 0.3) is 0 Å². The van der Waals surface area contributed by atoms with E-state index < -0.39 is 23.5 Å². The van der Waals surface area contributed by atoms with Crippen molar-refractivity contribution in [3.63, 3.8) is 0 Å². The number of alkyl carbamates (subject to hydrolysis) is 1. The Kier molecular flexibility index (Phi) is 5.82. The van der Waals surface area contributed by atoms with E-state index in [1.54, 1.807) is 4.90 Å². The second-order valence-corrected chi connectivity index (χ2v) is 11.0. The molecule has 1 saturated carbocycles. The molecule has 0 aromatic heterocycles. The van der Waals surface area contributed by atoms with Gasteiger partial charge in [-0.05, 0) is 45.9 Å². The van der Waals surface area contributed by atoms with Gasteiger partial charge in [0.2, 0.25) is 5.91 Å². The van der Waals surface area contributed by atoms with Crippen LogP contribution >= 0.6 is 0 Å². The number of rotatable bonds is 5. The molecule has 2 fully saturated rings. The summed E-state index contributed by atoms with van der Waals surface area (Å²) in [6, 6.07) is 15.5. The molecule has 35 heavy (non-hydrogen) atoms. The van der Waals surface area contributed by atoms with Gasteiger partial charge in [-0.3, -0.25) is 9.59 Å². The van der Waals surface area contributed by atoms with Crippen LogP contribution in [0.4, 0.5) is 4.79 Å². The average Bonchev–Trinajstić information content (AvgIpc) is 3.47. The zero-order valence-corrected chi connectivity index (χ0v) is 20.4. The molecule has 3 aliphatic rings. The summed E-state index contributed by atoms with van der Waals surface area (Å²) in [5, 5.41) is 12.2. The van der Waals surface area contributed by atoms with E-state index in [4.69, 9.17) is 4.74 Å². The molecule has 5 rings (SSSR count). The van der Waals surface area contributed by atoms with Crippen LogP contribution in [0.5, 0.6) is 0 Å². The van der Waals surface area contributed by atoms with Crippen molar-refractivity contribution >= 4 is 18.0 Å². The van der Waals surface area contributed by atoms with Gasteiger partial charge in [0.1, 0.15) is 12.6 Å². The minimum Gasteiger partial charge on any atom is -0.481 e. The van der Waals surface area contributed by atoms with Crippen LogP contribution in [0.3, 0.4) is 0 Å². The second-order valence-electron chi connectivity index (χ2n) is 11.0. The van der Waals surface area contributed by atoms with Crippen LogP contribution in [-0.2, 0) is 14.3 Å². The van der Waals surface area contributed by atoms with Gasteiger partial charge in [0.05, 0.1) is 5.92 Å². The summed E-state index contributed by atoms with van der Waals surface area (Å²) >= 11 is 0. The standard InChI is InChI=1S/C28H32N2O5/c1-28(2,3)24(25(31)30-13-12-20-21(14-30)23(20)26(32)33)29-27(34)35-15-22-18-10-6-4-8-16(18)17-9-5-7-11-19(17)22/h4-11,20-24H,12-15H2,1-3H3,(H,29,34)(H,32,33)/t20-,21+,23?,24?/m0/s1. The topological polar surface area (TPSA) is 95.9 Å². The molecule has 2 aliphatic carbocycles. The molecule has 7 heteroatoms. The fourth-order valence-electron chi connectivity index (χ4n) is 5.89. The van der Waals surface area contributed by atoms with Crippen molar-refractivity contribution in [1.29, 1.82) is 0 Å². The Bertz CT molecular complexity index is 1120. The Hall–Kier alpha value is -3.35. The van der Waals surface area contributed by atoms with Crippen molar-refractivity contribution in [3.8, 4) is 11.1 Å². The van der Waals surface area contributed by atoms with Crippen LogP contribution in [0.2, 0.25) is 0 Å². The van der Waals surface area contributed by atoms with Gasteiger partial charge >= 0.3 is 12.1 Å². The normalized spacial score (nSPS) is 23.5. The van der Waals surface area contributed by atoms with Gasteiger partial charge in [-0.2, -0.15) is 0 Å². The summed E-state index contributed by atoms with van der Waals surface area (Å²) in [7, 11) is 0. The Morgan fingerprint density at radius 3 is 2.20 bits per heavy atom. The third-order valence-corrected chi connectivity index (χ3v) is 7.81. The Morgan fingerprint density at radius 2 is 1.63 bits per heavy atom. The van der Waals surface area contributed by atoms with Crippen molar-refractivity contribution in [2.24, 2.45) is 23.2 Å². The zero-order valence-electron chi connectivity index (χ0n) is 20.4. The monoisotopic (exact) mass is 476 g/mol. The molecule has 2 amide bonds. The molecular weight excluding hydrogens is 444 g/mol. The summed E-state index contributed by atoms with van der Waals surface area (Å²) in [5.41, 5.74) is 4.04. The number of nitrogens with one attached hydrogen (secondary N) is 1. The Morgan fingerprint density at radius 1 is 1.03 bits per heavy atom. The lowest BCUT2D eigenvalue weighted by molar-refractivity contribution is -0.140. The number of carbonyl (C=O) groups excluding carboxylic acids is 2. The predicted octanol–water partition coefficient (Wildman–Crippen LogP) is 4.12. The lowest BCUT2D eigenvalue weighted by Crippen LogP contribution is -2.56. The Labute approximate surface area is 205 Å². The molecule has 7 nitrogen and oxygen atoms in total. The first-order chi connectivity index (χ1) is 16.7. The van der Waals surface area contributed by atoms with Crippen molar-refractivity contribution in [2.45, 2.75) is 39.2 Å². The van der Waals surface area contributed by atoms with E-state index in [1.807, 2.05) is 45.0 Å². The van der Waals surface area contributed by atoms with Crippen LogP contribution < -0.4 is 5.32 Å². The number of nitrogens with zero attached hydrogens (tertiary/aromatic N) is 1. The molecule has 184 valence electrons. The first-order valence-corrected chi connectivity index (χ1v) is 12.3. The van der Waals surface area contributed by atoms with Crippen LogP contribution in [0.25, 0.3) is 11.1 Å². The molecule has 2 N–H and O–H groups in total. The van der Waals surface area contributed by atoms with Crippen LogP contribution in [0.15, 0.2) is 48.5 Å². The maximum Gasteiger partial charge on any atom is 0.407 e. The molecule has 0 radical (unpaired) electrons. The number of ether oxygens (including phenoxy) is 1. The van der Waals surface area contributed by atoms with E-state index in [2.05, 4.69) is 29.6 Å². The molecule has 4 atom stereocenters. The number of carbonyl (C=O) groups is 3. The number of hydrogen-bond donors (Lipinski definition) is 2. The third kappa shape index (κ3) is 4.28. The molecule has 1 heterocycles. The van der Waals surface area contributed by atoms with Gasteiger partial charge in [-0.1, -0.05) is 69.3 Å². The molecule has 0 bridgehead atoms. The fourth-order valence-corrected chi connectivity index (χ4v) is 5.89. The minimum atomic E-state index is -0.779. The van der Waals surface area contributed by atoms with Crippen LogP contribution in [0, 0.1) is 23.2 Å². The summed E-state index contributed by atoms with van der Waals surface area (Å²) in [6.07, 6.45) is 0.0692. The quantitative estimate of drug-likeness (QED) is 0.677. The van der Waals surface area contributed by atoms with Gasteiger partial charge in [-0.25, -0.2) is 4.79 Å². The highest BCUT2D eigenvalue weighted by Crippen LogP contribution is 2.52. The van der Waals surface area contributed by atoms with Gasteiger partial charge < -0.3 is 20.1 Å². The van der Waals surface area contributed by atoms with Crippen molar-refractivity contribution < 1.29 is 24.2 Å². The van der Waals surface area contributed by atoms with Gasteiger partial charge in [0, 0.05) is 19.0 Å². The highest BCUT2D eigenvalue weighted by atomic mass is 16.5. The number of likely N-dealkylation sites (tertiary alicyclic amines) is 1. The van der Waals surface area contributed by atoms with E-state index >= 15 is 0 Å². The first kappa shape index (κ1) is 23.4. The SMILES string of the molecule is CC(C)(C)C(NC(=O)OCC1c2ccccc2-c2ccccc21)C(=O)N1CC[C@@H]2C(C(=O)O)[C@@H]2C1. The van der Waals surface area contributed by atoms with Crippen LogP contribution in [-0.4, -0.2) is 53.7 Å². The summed E-state index contributed by atoms with van der Waals surface area (Å²) < 4.78 is 5.68. The molecule has 0 spiro atoms. The minimum absolute atomic E-state index is 0.0141. The smallest absolute Gasteiger partial charge is 0.407 e. The van der Waals surface area contributed by atoms with E-state index in [-0.39, 0.29) is 36.2 Å². The van der Waals surface area contributed by atoms with Gasteiger partial charge in [0.15, 0.2) is 0 Å².